The Hall–Kier alpha value is -3.50. The van der Waals surface area contributed by atoms with Gasteiger partial charge in [-0.1, -0.05) is 67.9 Å². The van der Waals surface area contributed by atoms with Crippen LogP contribution >= 0.6 is 11.6 Å². The van der Waals surface area contributed by atoms with Gasteiger partial charge in [-0.15, -0.1) is 0 Å². The number of hydrogen-bond donors (Lipinski definition) is 3. The number of guanidine groups is 1. The molecule has 0 saturated heterocycles. The van der Waals surface area contributed by atoms with Crippen molar-refractivity contribution >= 4 is 43.5 Å². The second kappa shape index (κ2) is 13.2. The standard InChI is InChI=1S/C28H30ClF3N6O4S2/c1-18(2)25(36-44(33,41)42)16-34-27(37-43(39,40)23-14-10-21(11-15-23)28(30,31)32)38-17-24(19-6-4-3-5-7-19)26(35-38)20-8-12-22(29)13-9-20/h3-15,18,24-25,36H,16-17H2,1-2H3,(H,34,37)(H2,33,41,42)/t24-,25?/m0/s1. The van der Waals surface area contributed by atoms with Crippen LogP contribution in [0.3, 0.4) is 0 Å². The van der Waals surface area contributed by atoms with Gasteiger partial charge in [0.15, 0.2) is 0 Å². The second-order valence-corrected chi connectivity index (χ2v) is 13.8. The first-order valence-electron chi connectivity index (χ1n) is 13.2. The van der Waals surface area contributed by atoms with E-state index in [1.54, 1.807) is 38.1 Å². The zero-order chi connectivity index (χ0) is 32.3. The molecule has 0 bridgehead atoms. The molecule has 3 aromatic carbocycles. The molecule has 16 heteroatoms. The second-order valence-electron chi connectivity index (χ2n) is 10.3. The van der Waals surface area contributed by atoms with Gasteiger partial charge in [-0.05, 0) is 53.4 Å². The van der Waals surface area contributed by atoms with E-state index in [-0.39, 0.29) is 30.9 Å². The van der Waals surface area contributed by atoms with Crippen molar-refractivity contribution in [3.63, 3.8) is 0 Å². The van der Waals surface area contributed by atoms with Crippen molar-refractivity contribution in [2.75, 3.05) is 13.1 Å². The van der Waals surface area contributed by atoms with Crippen molar-refractivity contribution in [3.05, 3.63) is 101 Å². The highest BCUT2D eigenvalue weighted by Crippen LogP contribution is 2.31. The Bertz CT molecular complexity index is 1730. The molecular formula is C28H30ClF3N6O4S2. The molecule has 1 unspecified atom stereocenters. The maximum Gasteiger partial charge on any atom is 0.416 e. The maximum atomic E-state index is 13.4. The Labute approximate surface area is 259 Å². The lowest BCUT2D eigenvalue weighted by Crippen LogP contribution is -2.46. The third-order valence-corrected chi connectivity index (χ3v) is 9.00. The highest BCUT2D eigenvalue weighted by molar-refractivity contribution is 7.90. The van der Waals surface area contributed by atoms with Gasteiger partial charge >= 0.3 is 6.18 Å². The molecule has 44 heavy (non-hydrogen) atoms. The minimum absolute atomic E-state index is 0.130. The molecule has 0 aromatic heterocycles. The minimum atomic E-state index is -4.65. The average molecular weight is 671 g/mol. The zero-order valence-corrected chi connectivity index (χ0v) is 25.9. The van der Waals surface area contributed by atoms with E-state index in [4.69, 9.17) is 21.8 Å². The molecule has 2 atom stereocenters. The molecule has 0 radical (unpaired) electrons. The van der Waals surface area contributed by atoms with Crippen LogP contribution < -0.4 is 14.6 Å². The molecule has 0 aliphatic carbocycles. The highest BCUT2D eigenvalue weighted by atomic mass is 35.5. The predicted octanol–water partition coefficient (Wildman–Crippen LogP) is 4.31. The summed E-state index contributed by atoms with van der Waals surface area (Å²) in [5.74, 6) is -0.910. The lowest BCUT2D eigenvalue weighted by molar-refractivity contribution is -0.137. The number of rotatable bonds is 9. The predicted molar refractivity (Wildman–Crippen MR) is 163 cm³/mol. The molecule has 0 amide bonds. The number of nitrogens with one attached hydrogen (secondary N) is 2. The Morgan fingerprint density at radius 1 is 1.02 bits per heavy atom. The Kier molecular flexibility index (Phi) is 10.0. The quantitative estimate of drug-likeness (QED) is 0.229. The summed E-state index contributed by atoms with van der Waals surface area (Å²) in [5.41, 5.74) is 1.16. The van der Waals surface area contributed by atoms with E-state index in [9.17, 15) is 30.0 Å². The monoisotopic (exact) mass is 670 g/mol. The minimum Gasteiger partial charge on any atom is -0.249 e. The van der Waals surface area contributed by atoms with Gasteiger partial charge in [0.05, 0.1) is 29.3 Å². The highest BCUT2D eigenvalue weighted by Gasteiger charge is 2.34. The topological polar surface area (TPSA) is 146 Å². The van der Waals surface area contributed by atoms with Crippen LogP contribution in [0.5, 0.6) is 0 Å². The fourth-order valence-corrected chi connectivity index (χ4v) is 6.33. The largest absolute Gasteiger partial charge is 0.416 e. The smallest absolute Gasteiger partial charge is 0.249 e. The van der Waals surface area contributed by atoms with Crippen molar-refractivity contribution in [3.8, 4) is 0 Å². The Balaban J connectivity index is 1.77. The zero-order valence-electron chi connectivity index (χ0n) is 23.5. The SMILES string of the molecule is CC(C)C(CN=C(NS(=O)(=O)c1ccc(C(F)(F)F)cc1)N1C[C@@H](c2ccccc2)C(c2ccc(Cl)cc2)=N1)NS(N)(=O)=O. The van der Waals surface area contributed by atoms with Gasteiger partial charge < -0.3 is 0 Å². The molecule has 10 nitrogen and oxygen atoms in total. The van der Waals surface area contributed by atoms with Crippen molar-refractivity contribution < 1.29 is 30.0 Å². The number of hydrogen-bond acceptors (Lipinski definition) is 6. The number of alkyl halides is 3. The summed E-state index contributed by atoms with van der Waals surface area (Å²) in [7, 11) is -8.60. The number of benzene rings is 3. The molecule has 3 aromatic rings. The Morgan fingerprint density at radius 3 is 2.18 bits per heavy atom. The number of nitrogens with zero attached hydrogens (tertiary/aromatic N) is 3. The van der Waals surface area contributed by atoms with E-state index in [1.807, 2.05) is 30.3 Å². The number of hydrazone groups is 1. The van der Waals surface area contributed by atoms with E-state index in [1.165, 1.54) is 5.01 Å². The third kappa shape index (κ3) is 8.57. The van der Waals surface area contributed by atoms with Crippen molar-refractivity contribution in [1.29, 1.82) is 0 Å². The fraction of sp³-hybridized carbons (Fsp3) is 0.286. The summed E-state index contributed by atoms with van der Waals surface area (Å²) in [6.45, 7) is 3.34. The van der Waals surface area contributed by atoms with Gasteiger partial charge in [-0.25, -0.2) is 28.3 Å². The summed E-state index contributed by atoms with van der Waals surface area (Å²) in [4.78, 5) is 3.97. The van der Waals surface area contributed by atoms with Crippen LogP contribution in [-0.4, -0.2) is 52.6 Å². The first-order chi connectivity index (χ1) is 20.5. The molecule has 1 aliphatic heterocycles. The normalized spacial score (nSPS) is 17.1. The van der Waals surface area contributed by atoms with Crippen LogP contribution in [0.2, 0.25) is 5.02 Å². The van der Waals surface area contributed by atoms with Crippen LogP contribution in [0.25, 0.3) is 0 Å². The van der Waals surface area contributed by atoms with Gasteiger partial charge in [-0.3, -0.25) is 0 Å². The molecule has 236 valence electrons. The van der Waals surface area contributed by atoms with Crippen LogP contribution in [0.4, 0.5) is 13.2 Å². The van der Waals surface area contributed by atoms with E-state index in [0.29, 0.717) is 28.4 Å². The summed E-state index contributed by atoms with van der Waals surface area (Å²) in [6, 6.07) is 18.5. The van der Waals surface area contributed by atoms with Crippen molar-refractivity contribution in [2.24, 2.45) is 21.2 Å². The number of nitrogens with two attached hydrogens (primary N) is 1. The summed E-state index contributed by atoms with van der Waals surface area (Å²) >= 11 is 6.09. The van der Waals surface area contributed by atoms with Crippen molar-refractivity contribution in [1.82, 2.24) is 14.5 Å². The van der Waals surface area contributed by atoms with Gasteiger partial charge in [-0.2, -0.15) is 31.4 Å². The average Bonchev–Trinajstić information content (AvgIpc) is 3.40. The lowest BCUT2D eigenvalue weighted by atomic mass is 9.91. The van der Waals surface area contributed by atoms with E-state index in [2.05, 4.69) is 14.4 Å². The molecule has 0 fully saturated rings. The van der Waals surface area contributed by atoms with E-state index in [0.717, 1.165) is 17.7 Å². The molecule has 0 saturated carbocycles. The maximum absolute atomic E-state index is 13.4. The van der Waals surface area contributed by atoms with Gasteiger partial charge in [0, 0.05) is 17.0 Å². The van der Waals surface area contributed by atoms with Gasteiger partial charge in [0.2, 0.25) is 5.96 Å². The molecule has 1 heterocycles. The molecular weight excluding hydrogens is 641 g/mol. The van der Waals surface area contributed by atoms with Gasteiger partial charge in [0.1, 0.15) is 0 Å². The molecule has 0 spiro atoms. The molecule has 4 rings (SSSR count). The first-order valence-corrected chi connectivity index (χ1v) is 16.7. The summed E-state index contributed by atoms with van der Waals surface area (Å²) in [6.07, 6.45) is -4.65. The fourth-order valence-electron chi connectivity index (χ4n) is 4.41. The Morgan fingerprint density at radius 2 is 1.64 bits per heavy atom. The van der Waals surface area contributed by atoms with E-state index < -0.39 is 42.9 Å². The van der Waals surface area contributed by atoms with Crippen LogP contribution in [-0.2, 0) is 26.4 Å². The van der Waals surface area contributed by atoms with Crippen LogP contribution in [0, 0.1) is 5.92 Å². The summed E-state index contributed by atoms with van der Waals surface area (Å²) in [5, 5.41) is 11.7. The van der Waals surface area contributed by atoms with Crippen LogP contribution in [0.1, 0.15) is 36.5 Å². The van der Waals surface area contributed by atoms with Crippen molar-refractivity contribution in [2.45, 2.75) is 36.9 Å². The first kappa shape index (κ1) is 33.4. The van der Waals surface area contributed by atoms with Crippen LogP contribution in [0.15, 0.2) is 93.9 Å². The number of aliphatic imine (C=N–C) groups is 1. The number of halogens is 4. The summed E-state index contributed by atoms with van der Waals surface area (Å²) < 4.78 is 94.3. The molecule has 1 aliphatic rings. The van der Waals surface area contributed by atoms with E-state index >= 15 is 0 Å². The van der Waals surface area contributed by atoms with Gasteiger partial charge in [0.25, 0.3) is 20.2 Å². The third-order valence-electron chi connectivity index (χ3n) is 6.78. The molecule has 4 N–H and O–H groups in total. The number of sulfonamides is 1. The lowest BCUT2D eigenvalue weighted by Gasteiger charge is -2.23.